The standard InChI is InChI=1S/C15H23ClN2O3/c1-10(2)8-21-9-13(19)7-17-15(20)18-14-6-12(16)5-4-11(14)3/h4-6,10,13,19H,7-9H2,1-3H3,(H2,17,18,20). The van der Waals surface area contributed by atoms with Gasteiger partial charge in [0, 0.05) is 23.9 Å². The summed E-state index contributed by atoms with van der Waals surface area (Å²) in [6, 6.07) is 4.88. The molecule has 0 spiro atoms. The van der Waals surface area contributed by atoms with Crippen LogP contribution in [0.3, 0.4) is 0 Å². The molecule has 1 aromatic rings. The first-order valence-electron chi connectivity index (χ1n) is 6.95. The maximum atomic E-state index is 11.7. The Morgan fingerprint density at radius 2 is 2.10 bits per heavy atom. The summed E-state index contributed by atoms with van der Waals surface area (Å²) in [4.78, 5) is 11.7. The zero-order valence-corrected chi connectivity index (χ0v) is 13.4. The van der Waals surface area contributed by atoms with Crippen LogP contribution in [0.25, 0.3) is 0 Å². The van der Waals surface area contributed by atoms with Gasteiger partial charge in [0.05, 0.1) is 12.7 Å². The summed E-state index contributed by atoms with van der Waals surface area (Å²) in [6.07, 6.45) is -0.727. The number of aliphatic hydroxyl groups excluding tert-OH is 1. The van der Waals surface area contributed by atoms with E-state index >= 15 is 0 Å². The van der Waals surface area contributed by atoms with E-state index in [9.17, 15) is 9.90 Å². The Morgan fingerprint density at radius 3 is 2.76 bits per heavy atom. The molecule has 0 aliphatic heterocycles. The molecule has 3 N–H and O–H groups in total. The largest absolute Gasteiger partial charge is 0.389 e. The lowest BCUT2D eigenvalue weighted by molar-refractivity contribution is 0.0274. The fraction of sp³-hybridized carbons (Fsp3) is 0.533. The van der Waals surface area contributed by atoms with Crippen LogP contribution in [0.4, 0.5) is 10.5 Å². The third-order valence-electron chi connectivity index (χ3n) is 2.71. The van der Waals surface area contributed by atoms with Crippen molar-refractivity contribution in [2.75, 3.05) is 25.1 Å². The van der Waals surface area contributed by atoms with Crippen LogP contribution in [0.2, 0.25) is 5.02 Å². The van der Waals surface area contributed by atoms with E-state index in [1.807, 2.05) is 26.8 Å². The number of amides is 2. The number of anilines is 1. The van der Waals surface area contributed by atoms with Crippen molar-refractivity contribution < 1.29 is 14.6 Å². The summed E-state index contributed by atoms with van der Waals surface area (Å²) in [6.45, 7) is 6.86. The van der Waals surface area contributed by atoms with Crippen LogP contribution in [0.1, 0.15) is 19.4 Å². The fourth-order valence-electron chi connectivity index (χ4n) is 1.60. The molecule has 0 aromatic heterocycles. The topological polar surface area (TPSA) is 70.6 Å². The Bertz CT molecular complexity index is 466. The van der Waals surface area contributed by atoms with Crippen LogP contribution in [0.5, 0.6) is 0 Å². The van der Waals surface area contributed by atoms with Crippen molar-refractivity contribution in [3.8, 4) is 0 Å². The average molecular weight is 315 g/mol. The molecule has 0 aliphatic rings. The van der Waals surface area contributed by atoms with Crippen molar-refractivity contribution in [3.63, 3.8) is 0 Å². The third-order valence-corrected chi connectivity index (χ3v) is 2.94. The smallest absolute Gasteiger partial charge is 0.319 e. The van der Waals surface area contributed by atoms with E-state index in [0.29, 0.717) is 23.2 Å². The number of halogens is 1. The average Bonchev–Trinajstić information content (AvgIpc) is 2.40. The fourth-order valence-corrected chi connectivity index (χ4v) is 1.78. The van der Waals surface area contributed by atoms with Crippen molar-refractivity contribution in [2.45, 2.75) is 26.9 Å². The number of carbonyl (C=O) groups excluding carboxylic acids is 1. The first-order valence-corrected chi connectivity index (χ1v) is 7.33. The second kappa shape index (κ2) is 8.87. The minimum absolute atomic E-state index is 0.129. The lowest BCUT2D eigenvalue weighted by Gasteiger charge is -2.14. The third kappa shape index (κ3) is 7.32. The maximum absolute atomic E-state index is 11.7. The first kappa shape index (κ1) is 17.8. The van der Waals surface area contributed by atoms with Gasteiger partial charge in [-0.3, -0.25) is 0 Å². The molecule has 6 heteroatoms. The molecule has 1 atom stereocenters. The van der Waals surface area contributed by atoms with Crippen molar-refractivity contribution in [2.24, 2.45) is 5.92 Å². The molecule has 21 heavy (non-hydrogen) atoms. The van der Waals surface area contributed by atoms with E-state index < -0.39 is 6.10 Å². The highest BCUT2D eigenvalue weighted by atomic mass is 35.5. The van der Waals surface area contributed by atoms with E-state index in [2.05, 4.69) is 10.6 Å². The molecule has 0 saturated carbocycles. The summed E-state index contributed by atoms with van der Waals surface area (Å²) in [5, 5.41) is 15.5. The van der Waals surface area contributed by atoms with Crippen molar-refractivity contribution in [1.82, 2.24) is 5.32 Å². The Hall–Kier alpha value is -1.30. The van der Waals surface area contributed by atoms with Gasteiger partial charge in [0.2, 0.25) is 0 Å². The first-order chi connectivity index (χ1) is 9.88. The molecule has 118 valence electrons. The van der Waals surface area contributed by atoms with Crippen LogP contribution in [-0.4, -0.2) is 37.0 Å². The van der Waals surface area contributed by atoms with E-state index in [-0.39, 0.29) is 19.2 Å². The van der Waals surface area contributed by atoms with Gasteiger partial charge >= 0.3 is 6.03 Å². The predicted octanol–water partition coefficient (Wildman–Crippen LogP) is 2.80. The van der Waals surface area contributed by atoms with Crippen LogP contribution >= 0.6 is 11.6 Å². The second-order valence-electron chi connectivity index (χ2n) is 5.38. The molecule has 1 aromatic carbocycles. The van der Waals surface area contributed by atoms with Crippen molar-refractivity contribution in [1.29, 1.82) is 0 Å². The number of aliphatic hydroxyl groups is 1. The molecule has 0 radical (unpaired) electrons. The highest BCUT2D eigenvalue weighted by molar-refractivity contribution is 6.31. The van der Waals surface area contributed by atoms with Gasteiger partial charge in [-0.25, -0.2) is 4.79 Å². The number of urea groups is 1. The molecule has 0 fully saturated rings. The Labute approximate surface area is 130 Å². The summed E-state index contributed by atoms with van der Waals surface area (Å²) < 4.78 is 5.30. The van der Waals surface area contributed by atoms with E-state index in [4.69, 9.17) is 16.3 Å². The van der Waals surface area contributed by atoms with Gasteiger partial charge in [0.1, 0.15) is 0 Å². The van der Waals surface area contributed by atoms with Crippen LogP contribution in [-0.2, 0) is 4.74 Å². The molecule has 0 heterocycles. The highest BCUT2D eigenvalue weighted by Crippen LogP contribution is 2.19. The number of rotatable bonds is 7. The van der Waals surface area contributed by atoms with E-state index in [1.54, 1.807) is 12.1 Å². The van der Waals surface area contributed by atoms with Crippen LogP contribution in [0, 0.1) is 12.8 Å². The zero-order chi connectivity index (χ0) is 15.8. The number of hydrogen-bond acceptors (Lipinski definition) is 3. The number of ether oxygens (including phenoxy) is 1. The Balaban J connectivity index is 2.32. The minimum atomic E-state index is -0.727. The van der Waals surface area contributed by atoms with Crippen LogP contribution < -0.4 is 10.6 Å². The number of hydrogen-bond donors (Lipinski definition) is 3. The number of benzene rings is 1. The number of nitrogens with one attached hydrogen (secondary N) is 2. The van der Waals surface area contributed by atoms with Gasteiger partial charge in [-0.05, 0) is 30.5 Å². The quantitative estimate of drug-likeness (QED) is 0.724. The minimum Gasteiger partial charge on any atom is -0.389 e. The SMILES string of the molecule is Cc1ccc(Cl)cc1NC(=O)NCC(O)COCC(C)C. The molecule has 1 unspecified atom stereocenters. The van der Waals surface area contributed by atoms with Gasteiger partial charge in [0.25, 0.3) is 0 Å². The number of aryl methyl sites for hydroxylation is 1. The molecular formula is C15H23ClN2O3. The van der Waals surface area contributed by atoms with Gasteiger partial charge < -0.3 is 20.5 Å². The zero-order valence-electron chi connectivity index (χ0n) is 12.6. The molecule has 0 saturated heterocycles. The summed E-state index contributed by atoms with van der Waals surface area (Å²) in [5.74, 6) is 0.416. The lowest BCUT2D eigenvalue weighted by atomic mass is 10.2. The van der Waals surface area contributed by atoms with Crippen molar-refractivity contribution in [3.05, 3.63) is 28.8 Å². The molecule has 0 aliphatic carbocycles. The molecule has 1 rings (SSSR count). The lowest BCUT2D eigenvalue weighted by Crippen LogP contribution is -2.37. The predicted molar refractivity (Wildman–Crippen MR) is 84.9 cm³/mol. The van der Waals surface area contributed by atoms with Gasteiger partial charge in [-0.1, -0.05) is 31.5 Å². The molecule has 2 amide bonds. The van der Waals surface area contributed by atoms with Crippen molar-refractivity contribution >= 4 is 23.3 Å². The Morgan fingerprint density at radius 1 is 1.38 bits per heavy atom. The molecular weight excluding hydrogens is 292 g/mol. The van der Waals surface area contributed by atoms with E-state index in [1.165, 1.54) is 0 Å². The highest BCUT2D eigenvalue weighted by Gasteiger charge is 2.09. The van der Waals surface area contributed by atoms with Gasteiger partial charge in [0.15, 0.2) is 0 Å². The second-order valence-corrected chi connectivity index (χ2v) is 5.82. The van der Waals surface area contributed by atoms with Gasteiger partial charge in [-0.15, -0.1) is 0 Å². The van der Waals surface area contributed by atoms with Crippen LogP contribution in [0.15, 0.2) is 18.2 Å². The maximum Gasteiger partial charge on any atom is 0.319 e. The summed E-state index contributed by atoms with van der Waals surface area (Å²) in [5.41, 5.74) is 1.56. The summed E-state index contributed by atoms with van der Waals surface area (Å²) in [7, 11) is 0. The Kier molecular flexibility index (Phi) is 7.50. The molecule has 0 bridgehead atoms. The van der Waals surface area contributed by atoms with E-state index in [0.717, 1.165) is 5.56 Å². The van der Waals surface area contributed by atoms with Gasteiger partial charge in [-0.2, -0.15) is 0 Å². The molecule has 5 nitrogen and oxygen atoms in total. The summed E-state index contributed by atoms with van der Waals surface area (Å²) >= 11 is 5.88. The monoisotopic (exact) mass is 314 g/mol. The normalized spacial score (nSPS) is 12.3. The number of carbonyl (C=O) groups is 1.